The molecule has 0 fully saturated rings. The first-order valence-electron chi connectivity index (χ1n) is 7.16. The minimum Gasteiger partial charge on any atom is -0.482 e. The van der Waals surface area contributed by atoms with Crippen molar-refractivity contribution in [1.29, 1.82) is 5.26 Å². The standard InChI is InChI=1S/C18H18N2O2/c1-3-14-9-6-7-13(2)18(14)20-17(21)12-22-16-10-5-4-8-15(16)11-19/h4-10H,3,12H2,1-2H3,(H,20,21). The van der Waals surface area contributed by atoms with Crippen molar-refractivity contribution in [3.05, 3.63) is 59.2 Å². The first-order chi connectivity index (χ1) is 10.7. The molecule has 2 aromatic carbocycles. The lowest BCUT2D eigenvalue weighted by molar-refractivity contribution is -0.118. The number of nitriles is 1. The Morgan fingerprint density at radius 2 is 2.00 bits per heavy atom. The van der Waals surface area contributed by atoms with Crippen LogP contribution in [-0.4, -0.2) is 12.5 Å². The number of nitrogens with zero attached hydrogens (tertiary/aromatic N) is 1. The van der Waals surface area contributed by atoms with E-state index in [9.17, 15) is 4.79 Å². The second-order valence-electron chi connectivity index (χ2n) is 4.91. The number of benzene rings is 2. The number of nitrogens with one attached hydrogen (secondary N) is 1. The van der Waals surface area contributed by atoms with Crippen molar-refractivity contribution in [3.63, 3.8) is 0 Å². The second-order valence-corrected chi connectivity index (χ2v) is 4.91. The first kappa shape index (κ1) is 15.6. The molecule has 0 radical (unpaired) electrons. The first-order valence-corrected chi connectivity index (χ1v) is 7.16. The fraction of sp³-hybridized carbons (Fsp3) is 0.222. The fourth-order valence-electron chi connectivity index (χ4n) is 2.21. The van der Waals surface area contributed by atoms with Crippen molar-refractivity contribution in [2.75, 3.05) is 11.9 Å². The van der Waals surface area contributed by atoms with Gasteiger partial charge in [-0.05, 0) is 36.6 Å². The van der Waals surface area contributed by atoms with Gasteiger partial charge in [-0.15, -0.1) is 0 Å². The third kappa shape index (κ3) is 3.64. The van der Waals surface area contributed by atoms with Crippen molar-refractivity contribution in [2.45, 2.75) is 20.3 Å². The lowest BCUT2D eigenvalue weighted by Gasteiger charge is -2.13. The topological polar surface area (TPSA) is 62.1 Å². The van der Waals surface area contributed by atoms with Crippen LogP contribution in [0, 0.1) is 18.3 Å². The molecule has 0 atom stereocenters. The summed E-state index contributed by atoms with van der Waals surface area (Å²) in [6, 6.07) is 14.8. The monoisotopic (exact) mass is 294 g/mol. The van der Waals surface area contributed by atoms with Gasteiger partial charge in [0.25, 0.3) is 5.91 Å². The SMILES string of the molecule is CCc1cccc(C)c1NC(=O)COc1ccccc1C#N. The van der Waals surface area contributed by atoms with E-state index in [0.717, 1.165) is 23.2 Å². The van der Waals surface area contributed by atoms with E-state index in [2.05, 4.69) is 5.32 Å². The summed E-state index contributed by atoms with van der Waals surface area (Å²) in [7, 11) is 0. The molecule has 4 nitrogen and oxygen atoms in total. The lowest BCUT2D eigenvalue weighted by atomic mass is 10.1. The predicted molar refractivity (Wildman–Crippen MR) is 85.8 cm³/mol. The number of anilines is 1. The molecule has 0 aromatic heterocycles. The van der Waals surface area contributed by atoms with Gasteiger partial charge in [0.1, 0.15) is 11.8 Å². The average Bonchev–Trinajstić information content (AvgIpc) is 2.55. The zero-order valence-electron chi connectivity index (χ0n) is 12.7. The van der Waals surface area contributed by atoms with Crippen molar-refractivity contribution >= 4 is 11.6 Å². The molecule has 112 valence electrons. The maximum Gasteiger partial charge on any atom is 0.262 e. The largest absolute Gasteiger partial charge is 0.482 e. The molecule has 1 amide bonds. The van der Waals surface area contributed by atoms with Crippen molar-refractivity contribution in [2.24, 2.45) is 0 Å². The Labute approximate surface area is 130 Å². The lowest BCUT2D eigenvalue weighted by Crippen LogP contribution is -2.21. The molecule has 22 heavy (non-hydrogen) atoms. The summed E-state index contributed by atoms with van der Waals surface area (Å²) in [5.41, 5.74) is 3.36. The molecule has 0 aliphatic carbocycles. The highest BCUT2D eigenvalue weighted by Crippen LogP contribution is 2.21. The molecular formula is C18H18N2O2. The number of amides is 1. The van der Waals surface area contributed by atoms with Crippen LogP contribution < -0.4 is 10.1 Å². The number of carbonyl (C=O) groups is 1. The molecular weight excluding hydrogens is 276 g/mol. The zero-order valence-corrected chi connectivity index (χ0v) is 12.7. The third-order valence-corrected chi connectivity index (χ3v) is 3.37. The van der Waals surface area contributed by atoms with Gasteiger partial charge >= 0.3 is 0 Å². The summed E-state index contributed by atoms with van der Waals surface area (Å²) in [6.45, 7) is 3.88. The van der Waals surface area contributed by atoms with E-state index in [1.807, 2.05) is 38.1 Å². The van der Waals surface area contributed by atoms with E-state index in [-0.39, 0.29) is 12.5 Å². The number of carbonyl (C=O) groups excluding carboxylic acids is 1. The van der Waals surface area contributed by atoms with E-state index in [1.54, 1.807) is 24.3 Å². The molecule has 0 saturated heterocycles. The Morgan fingerprint density at radius 3 is 2.73 bits per heavy atom. The quantitative estimate of drug-likeness (QED) is 0.918. The van der Waals surface area contributed by atoms with Crippen LogP contribution in [0.4, 0.5) is 5.69 Å². The van der Waals surface area contributed by atoms with Crippen molar-refractivity contribution < 1.29 is 9.53 Å². The number of rotatable bonds is 5. The number of aryl methyl sites for hydroxylation is 2. The van der Waals surface area contributed by atoms with Crippen LogP contribution in [0.5, 0.6) is 5.75 Å². The molecule has 1 N–H and O–H groups in total. The molecule has 0 unspecified atom stereocenters. The molecule has 4 heteroatoms. The van der Waals surface area contributed by atoms with Crippen LogP contribution in [0.25, 0.3) is 0 Å². The molecule has 0 aliphatic heterocycles. The molecule has 2 rings (SSSR count). The molecule has 0 spiro atoms. The van der Waals surface area contributed by atoms with Crippen LogP contribution in [-0.2, 0) is 11.2 Å². The van der Waals surface area contributed by atoms with E-state index in [0.29, 0.717) is 11.3 Å². The van der Waals surface area contributed by atoms with Crippen molar-refractivity contribution in [1.82, 2.24) is 0 Å². The number of para-hydroxylation sites is 2. The molecule has 0 aliphatic rings. The van der Waals surface area contributed by atoms with Gasteiger partial charge in [0.2, 0.25) is 0 Å². The van der Waals surface area contributed by atoms with Gasteiger partial charge in [-0.25, -0.2) is 0 Å². The van der Waals surface area contributed by atoms with Crippen LogP contribution in [0.1, 0.15) is 23.6 Å². The summed E-state index contributed by atoms with van der Waals surface area (Å²) in [6.07, 6.45) is 0.843. The summed E-state index contributed by atoms with van der Waals surface area (Å²) in [5, 5.41) is 11.9. The highest BCUT2D eigenvalue weighted by molar-refractivity contribution is 5.93. The summed E-state index contributed by atoms with van der Waals surface area (Å²) >= 11 is 0. The highest BCUT2D eigenvalue weighted by atomic mass is 16.5. The highest BCUT2D eigenvalue weighted by Gasteiger charge is 2.10. The van der Waals surface area contributed by atoms with Crippen LogP contribution in [0.2, 0.25) is 0 Å². The van der Waals surface area contributed by atoms with Crippen molar-refractivity contribution in [3.8, 4) is 11.8 Å². The summed E-state index contributed by atoms with van der Waals surface area (Å²) in [4.78, 5) is 12.1. The van der Waals surface area contributed by atoms with Gasteiger partial charge in [-0.2, -0.15) is 5.26 Å². The van der Waals surface area contributed by atoms with E-state index >= 15 is 0 Å². The molecule has 0 heterocycles. The number of hydrogen-bond acceptors (Lipinski definition) is 3. The number of ether oxygens (including phenoxy) is 1. The van der Waals surface area contributed by atoms with Crippen LogP contribution in [0.15, 0.2) is 42.5 Å². The number of hydrogen-bond donors (Lipinski definition) is 1. The van der Waals surface area contributed by atoms with E-state index in [4.69, 9.17) is 10.00 Å². The Kier molecular flexibility index (Phi) is 5.16. The third-order valence-electron chi connectivity index (χ3n) is 3.37. The molecule has 0 saturated carbocycles. The molecule has 2 aromatic rings. The Hall–Kier alpha value is -2.80. The summed E-state index contributed by atoms with van der Waals surface area (Å²) in [5.74, 6) is 0.178. The second kappa shape index (κ2) is 7.28. The fourth-order valence-corrected chi connectivity index (χ4v) is 2.21. The predicted octanol–water partition coefficient (Wildman–Crippen LogP) is 3.45. The summed E-state index contributed by atoms with van der Waals surface area (Å²) < 4.78 is 5.44. The maximum atomic E-state index is 12.1. The normalized spacial score (nSPS) is 9.86. The van der Waals surface area contributed by atoms with E-state index in [1.165, 1.54) is 0 Å². The van der Waals surface area contributed by atoms with Gasteiger partial charge in [0.05, 0.1) is 5.56 Å². The van der Waals surface area contributed by atoms with Crippen LogP contribution >= 0.6 is 0 Å². The minimum absolute atomic E-state index is 0.129. The Balaban J connectivity index is 2.04. The Morgan fingerprint density at radius 1 is 1.23 bits per heavy atom. The smallest absolute Gasteiger partial charge is 0.262 e. The Bertz CT molecular complexity index is 717. The maximum absolute atomic E-state index is 12.1. The van der Waals surface area contributed by atoms with E-state index < -0.39 is 0 Å². The van der Waals surface area contributed by atoms with Gasteiger partial charge in [-0.1, -0.05) is 37.3 Å². The van der Waals surface area contributed by atoms with Gasteiger partial charge in [0, 0.05) is 5.69 Å². The molecule has 0 bridgehead atoms. The van der Waals surface area contributed by atoms with Gasteiger partial charge < -0.3 is 10.1 Å². The van der Waals surface area contributed by atoms with Gasteiger partial charge in [-0.3, -0.25) is 4.79 Å². The average molecular weight is 294 g/mol. The van der Waals surface area contributed by atoms with Gasteiger partial charge in [0.15, 0.2) is 6.61 Å². The zero-order chi connectivity index (χ0) is 15.9. The minimum atomic E-state index is -0.239. The van der Waals surface area contributed by atoms with Crippen LogP contribution in [0.3, 0.4) is 0 Å².